The van der Waals surface area contributed by atoms with Crippen LogP contribution in [0.25, 0.3) is 0 Å². The van der Waals surface area contributed by atoms with Gasteiger partial charge in [-0.15, -0.1) is 0 Å². The minimum Gasteiger partial charge on any atom is -0.494 e. The van der Waals surface area contributed by atoms with Crippen LogP contribution < -0.4 is 4.74 Å². The molecule has 0 aliphatic carbocycles. The van der Waals surface area contributed by atoms with Gasteiger partial charge in [0.2, 0.25) is 0 Å². The van der Waals surface area contributed by atoms with Crippen LogP contribution in [-0.2, 0) is 13.0 Å². The van der Waals surface area contributed by atoms with Crippen molar-refractivity contribution in [3.63, 3.8) is 0 Å². The zero-order valence-corrected chi connectivity index (χ0v) is 10.9. The number of benzene rings is 1. The van der Waals surface area contributed by atoms with Crippen LogP contribution in [0.5, 0.6) is 5.75 Å². The molecule has 3 nitrogen and oxygen atoms in total. The summed E-state index contributed by atoms with van der Waals surface area (Å²) in [5.41, 5.74) is 1.18. The molecule has 0 aliphatic rings. The Morgan fingerprint density at radius 2 is 2.00 bits per heavy atom. The highest BCUT2D eigenvalue weighted by Crippen LogP contribution is 2.08. The number of para-hydroxylation sites is 1. The Kier molecular flexibility index (Phi) is 4.82. The molecule has 0 radical (unpaired) electrons. The van der Waals surface area contributed by atoms with Crippen molar-refractivity contribution in [2.24, 2.45) is 0 Å². The van der Waals surface area contributed by atoms with Crippen LogP contribution in [0, 0.1) is 0 Å². The fraction of sp³-hybridized carbons (Fsp3) is 0.400. The Hall–Kier alpha value is -1.77. The van der Waals surface area contributed by atoms with E-state index in [9.17, 15) is 0 Å². The second-order valence-electron chi connectivity index (χ2n) is 4.34. The largest absolute Gasteiger partial charge is 0.494 e. The predicted molar refractivity (Wildman–Crippen MR) is 72.8 cm³/mol. The SMILES string of the molecule is CCCc1ccn(CCCOc2ccccc2)n1. The fourth-order valence-electron chi connectivity index (χ4n) is 1.85. The highest BCUT2D eigenvalue weighted by Gasteiger charge is 1.98. The maximum atomic E-state index is 5.64. The van der Waals surface area contributed by atoms with E-state index in [1.165, 1.54) is 5.69 Å². The van der Waals surface area contributed by atoms with Crippen molar-refractivity contribution < 1.29 is 4.74 Å². The molecule has 0 spiro atoms. The van der Waals surface area contributed by atoms with Crippen molar-refractivity contribution in [2.75, 3.05) is 6.61 Å². The Balaban J connectivity index is 1.68. The van der Waals surface area contributed by atoms with Gasteiger partial charge < -0.3 is 4.74 Å². The molecular formula is C15H20N2O. The summed E-state index contributed by atoms with van der Waals surface area (Å²) < 4.78 is 7.64. The summed E-state index contributed by atoms with van der Waals surface area (Å²) in [4.78, 5) is 0. The van der Waals surface area contributed by atoms with Crippen molar-refractivity contribution in [2.45, 2.75) is 32.7 Å². The Labute approximate surface area is 108 Å². The van der Waals surface area contributed by atoms with E-state index in [4.69, 9.17) is 4.74 Å². The summed E-state index contributed by atoms with van der Waals surface area (Å²) in [6.45, 7) is 3.82. The molecule has 1 heterocycles. The smallest absolute Gasteiger partial charge is 0.119 e. The topological polar surface area (TPSA) is 27.1 Å². The van der Waals surface area contributed by atoms with Gasteiger partial charge in [-0.25, -0.2) is 0 Å². The van der Waals surface area contributed by atoms with Crippen molar-refractivity contribution in [3.05, 3.63) is 48.3 Å². The van der Waals surface area contributed by atoms with Gasteiger partial charge in [0.15, 0.2) is 0 Å². The van der Waals surface area contributed by atoms with E-state index >= 15 is 0 Å². The number of aromatic nitrogens is 2. The molecular weight excluding hydrogens is 224 g/mol. The molecule has 0 bridgehead atoms. The molecule has 2 aromatic rings. The molecule has 1 aromatic heterocycles. The molecule has 0 saturated heterocycles. The van der Waals surface area contributed by atoms with Crippen molar-refractivity contribution in [3.8, 4) is 5.75 Å². The first-order chi connectivity index (χ1) is 8.88. The van der Waals surface area contributed by atoms with Crippen LogP contribution >= 0.6 is 0 Å². The summed E-state index contributed by atoms with van der Waals surface area (Å²) in [6, 6.07) is 12.0. The predicted octanol–water partition coefficient (Wildman–Crippen LogP) is 3.30. The fourth-order valence-corrected chi connectivity index (χ4v) is 1.85. The Morgan fingerprint density at radius 1 is 1.17 bits per heavy atom. The summed E-state index contributed by atoms with van der Waals surface area (Å²) in [7, 11) is 0. The van der Waals surface area contributed by atoms with Crippen molar-refractivity contribution in [1.29, 1.82) is 0 Å². The molecule has 96 valence electrons. The monoisotopic (exact) mass is 244 g/mol. The van der Waals surface area contributed by atoms with Crippen LogP contribution in [-0.4, -0.2) is 16.4 Å². The first-order valence-corrected chi connectivity index (χ1v) is 6.58. The lowest BCUT2D eigenvalue weighted by Crippen LogP contribution is -2.05. The number of rotatable bonds is 7. The molecule has 3 heteroatoms. The number of hydrogen-bond acceptors (Lipinski definition) is 2. The zero-order valence-electron chi connectivity index (χ0n) is 10.9. The van der Waals surface area contributed by atoms with Crippen LogP contribution in [0.4, 0.5) is 0 Å². The third-order valence-corrected chi connectivity index (χ3v) is 2.75. The minimum atomic E-state index is 0.729. The first-order valence-electron chi connectivity index (χ1n) is 6.58. The van der Waals surface area contributed by atoms with Gasteiger partial charge in [-0.1, -0.05) is 31.5 Å². The molecule has 0 saturated carbocycles. The summed E-state index contributed by atoms with van der Waals surface area (Å²) >= 11 is 0. The van der Waals surface area contributed by atoms with Crippen LogP contribution in [0.15, 0.2) is 42.6 Å². The highest BCUT2D eigenvalue weighted by molar-refractivity contribution is 5.20. The van der Waals surface area contributed by atoms with Crippen LogP contribution in [0.3, 0.4) is 0 Å². The highest BCUT2D eigenvalue weighted by atomic mass is 16.5. The van der Waals surface area contributed by atoms with Gasteiger partial charge in [0.05, 0.1) is 12.3 Å². The van der Waals surface area contributed by atoms with E-state index in [1.807, 2.05) is 41.2 Å². The van der Waals surface area contributed by atoms with E-state index in [0.29, 0.717) is 0 Å². The quantitative estimate of drug-likeness (QED) is 0.699. The lowest BCUT2D eigenvalue weighted by molar-refractivity contribution is 0.298. The molecule has 0 unspecified atom stereocenters. The van der Waals surface area contributed by atoms with Crippen LogP contribution in [0.2, 0.25) is 0 Å². The van der Waals surface area contributed by atoms with Gasteiger partial charge in [0, 0.05) is 19.2 Å². The summed E-state index contributed by atoms with van der Waals surface area (Å²) in [6.07, 6.45) is 5.23. The molecule has 2 rings (SSSR count). The van der Waals surface area contributed by atoms with E-state index in [1.54, 1.807) is 0 Å². The van der Waals surface area contributed by atoms with Crippen molar-refractivity contribution >= 4 is 0 Å². The van der Waals surface area contributed by atoms with Crippen LogP contribution in [0.1, 0.15) is 25.5 Å². The molecule has 0 aliphatic heterocycles. The normalized spacial score (nSPS) is 10.5. The Morgan fingerprint density at radius 3 is 2.78 bits per heavy atom. The molecule has 1 aromatic carbocycles. The maximum absolute atomic E-state index is 5.64. The van der Waals surface area contributed by atoms with E-state index < -0.39 is 0 Å². The first kappa shape index (κ1) is 12.7. The second kappa shape index (κ2) is 6.84. The minimum absolute atomic E-state index is 0.729. The third kappa shape index (κ3) is 3.91. The molecule has 18 heavy (non-hydrogen) atoms. The molecule has 0 atom stereocenters. The third-order valence-electron chi connectivity index (χ3n) is 2.75. The van der Waals surface area contributed by atoms with E-state index in [2.05, 4.69) is 18.1 Å². The van der Waals surface area contributed by atoms with E-state index in [-0.39, 0.29) is 0 Å². The molecule has 0 N–H and O–H groups in total. The van der Waals surface area contributed by atoms with Gasteiger partial charge in [0.1, 0.15) is 5.75 Å². The number of hydrogen-bond donors (Lipinski definition) is 0. The summed E-state index contributed by atoms with van der Waals surface area (Å²) in [5, 5.41) is 4.51. The van der Waals surface area contributed by atoms with E-state index in [0.717, 1.165) is 38.2 Å². The second-order valence-corrected chi connectivity index (χ2v) is 4.34. The average Bonchev–Trinajstić information content (AvgIpc) is 2.84. The van der Waals surface area contributed by atoms with Gasteiger partial charge >= 0.3 is 0 Å². The lowest BCUT2D eigenvalue weighted by Gasteiger charge is -2.05. The number of aryl methyl sites for hydroxylation is 2. The van der Waals surface area contributed by atoms with Gasteiger partial charge in [-0.3, -0.25) is 4.68 Å². The van der Waals surface area contributed by atoms with Gasteiger partial charge in [0.25, 0.3) is 0 Å². The average molecular weight is 244 g/mol. The zero-order chi connectivity index (χ0) is 12.6. The van der Waals surface area contributed by atoms with Gasteiger partial charge in [-0.2, -0.15) is 5.10 Å². The molecule has 0 fully saturated rings. The number of nitrogens with zero attached hydrogens (tertiary/aromatic N) is 2. The lowest BCUT2D eigenvalue weighted by atomic mass is 10.3. The standard InChI is InChI=1S/C15H20N2O/c1-2-7-14-10-12-17(16-14)11-6-13-18-15-8-4-3-5-9-15/h3-5,8-10,12H,2,6-7,11,13H2,1H3. The maximum Gasteiger partial charge on any atom is 0.119 e. The van der Waals surface area contributed by atoms with Crippen molar-refractivity contribution in [1.82, 2.24) is 9.78 Å². The summed E-state index contributed by atoms with van der Waals surface area (Å²) in [5.74, 6) is 0.935. The Bertz CT molecular complexity index is 451. The molecule has 0 amide bonds. The van der Waals surface area contributed by atoms with Gasteiger partial charge in [-0.05, 0) is 24.6 Å². The number of ether oxygens (including phenoxy) is 1.